The molecule has 0 bridgehead atoms. The maximum absolute atomic E-state index is 13.6. The fourth-order valence-electron chi connectivity index (χ4n) is 5.62. The summed E-state index contributed by atoms with van der Waals surface area (Å²) in [5.74, 6) is -0.290. The van der Waals surface area contributed by atoms with Crippen molar-refractivity contribution in [1.82, 2.24) is 44.4 Å². The number of imidazole rings is 2. The topological polar surface area (TPSA) is 255 Å². The summed E-state index contributed by atoms with van der Waals surface area (Å²) in [6, 6.07) is 18.9. The predicted octanol–water partition coefficient (Wildman–Crippen LogP) is 23.7. The lowest BCUT2D eigenvalue weighted by Gasteiger charge is -2.09. The molecule has 0 spiro atoms. The Kier molecular flexibility index (Phi) is 140. The maximum Gasteiger partial charge on any atom is 0.407 e. The van der Waals surface area contributed by atoms with Gasteiger partial charge in [0.15, 0.2) is 6.61 Å². The van der Waals surface area contributed by atoms with E-state index in [1.165, 1.54) is 28.9 Å². The van der Waals surface area contributed by atoms with E-state index in [1.54, 1.807) is 41.9 Å². The number of carbonyl (C=O) groups is 3. The van der Waals surface area contributed by atoms with Crippen molar-refractivity contribution in [2.24, 2.45) is 5.73 Å². The molecule has 626 valence electrons. The molecular formula is C42H41F45N12O7. The van der Waals surface area contributed by atoms with Gasteiger partial charge in [0, 0.05) is 218 Å². The quantitative estimate of drug-likeness (QED) is 0.0713. The van der Waals surface area contributed by atoms with Gasteiger partial charge in [-0.2, -0.15) is 9.97 Å². The highest BCUT2D eigenvalue weighted by Crippen LogP contribution is 2.26. The van der Waals surface area contributed by atoms with Crippen molar-refractivity contribution in [2.75, 3.05) is 23.8 Å². The first-order valence-electron chi connectivity index (χ1n) is 21.9. The van der Waals surface area contributed by atoms with Crippen LogP contribution in [0.5, 0.6) is 0 Å². The van der Waals surface area contributed by atoms with Crippen molar-refractivity contribution in [3.63, 3.8) is 0 Å². The molecular weight excluding hydrogens is 1640 g/mol. The minimum Gasteiger partial charge on any atom is -0.443 e. The Balaban J connectivity index is -0.0000000712. The summed E-state index contributed by atoms with van der Waals surface area (Å²) in [4.78, 5) is 53.5. The second-order valence-electron chi connectivity index (χ2n) is 13.4. The summed E-state index contributed by atoms with van der Waals surface area (Å²) in [5, 5.41) is 23.0. The molecule has 0 aliphatic rings. The van der Waals surface area contributed by atoms with E-state index in [-0.39, 0.29) is 43.8 Å². The third-order valence-corrected chi connectivity index (χ3v) is 8.81. The van der Waals surface area contributed by atoms with Gasteiger partial charge in [-0.05, 0) is 61.4 Å². The lowest BCUT2D eigenvalue weighted by Crippen LogP contribution is -2.25. The molecule has 6 N–H and O–H groups in total. The Morgan fingerprint density at radius 1 is 0.491 bits per heavy atom. The van der Waals surface area contributed by atoms with E-state index < -0.39 is 43.9 Å². The Morgan fingerprint density at radius 3 is 1.17 bits per heavy atom. The summed E-state index contributed by atoms with van der Waals surface area (Å²) in [7, 11) is 0. The number of anilines is 2. The van der Waals surface area contributed by atoms with Gasteiger partial charge in [0.25, 0.3) is 24.7 Å². The van der Waals surface area contributed by atoms with Crippen LogP contribution < -0.4 is 21.7 Å². The summed E-state index contributed by atoms with van der Waals surface area (Å²) < 4.78 is 396. The van der Waals surface area contributed by atoms with Crippen LogP contribution in [0.25, 0.3) is 34.1 Å². The minimum absolute atomic E-state index is 0. The van der Waals surface area contributed by atoms with Crippen LogP contribution in [-0.4, -0.2) is 88.1 Å². The lowest BCUT2D eigenvalue weighted by atomic mass is 10.1. The van der Waals surface area contributed by atoms with Crippen molar-refractivity contribution < 1.29 is 238 Å². The molecule has 0 saturated carbocycles. The first-order valence-corrected chi connectivity index (χ1v) is 21.9. The van der Waals surface area contributed by atoms with Crippen molar-refractivity contribution in [3.8, 4) is 22.8 Å². The number of alkyl carbamates (subject to hydrolysis) is 1. The van der Waals surface area contributed by atoms with Crippen LogP contribution in [0.4, 0.5) is 221 Å². The molecule has 8 rings (SSSR count). The largest absolute Gasteiger partial charge is 0.443 e. The molecule has 64 heteroatoms. The molecule has 0 unspecified atom stereocenters. The Hall–Kier alpha value is -10.9. The number of ether oxygens (including phenoxy) is 1. The second-order valence-corrected chi connectivity index (χ2v) is 13.4. The van der Waals surface area contributed by atoms with Gasteiger partial charge >= 0.3 is 6.09 Å². The number of alkyl halides is 4. The molecule has 19 nitrogen and oxygen atoms in total. The third-order valence-electron chi connectivity index (χ3n) is 8.81. The molecule has 0 fully saturated rings. The number of hydrogen-bond acceptors (Lipinski definition) is 14. The predicted molar refractivity (Wildman–Crippen MR) is 271 cm³/mol. The number of fused-ring (bicyclic) bond motifs is 2. The average Bonchev–Trinajstić information content (AvgIpc) is 1.64. The highest BCUT2D eigenvalue weighted by Gasteiger charge is 2.18. The molecule has 6 aromatic heterocycles. The molecule has 106 heavy (non-hydrogen) atoms. The third kappa shape index (κ3) is 61.7. The lowest BCUT2D eigenvalue weighted by molar-refractivity contribution is 0.0484. The Labute approximate surface area is 554 Å². The van der Waals surface area contributed by atoms with E-state index in [9.17, 15) is 36.3 Å². The summed E-state index contributed by atoms with van der Waals surface area (Å²) in [6.45, 7) is 1.59. The summed E-state index contributed by atoms with van der Waals surface area (Å²) in [5.41, 5.74) is 11.2. The van der Waals surface area contributed by atoms with Gasteiger partial charge in [0.05, 0.1) is 18.9 Å². The molecule has 6 heterocycles. The van der Waals surface area contributed by atoms with Crippen LogP contribution in [0, 0.1) is 19.7 Å². The number of aliphatic hydroxyl groups excluding tert-OH is 1. The van der Waals surface area contributed by atoms with Crippen LogP contribution in [0.1, 0.15) is 51.3 Å². The van der Waals surface area contributed by atoms with Gasteiger partial charge < -0.3 is 40.6 Å². The first-order chi connectivity index (χ1) is 51.2. The number of nitrogens with zero attached hydrogens (tertiary/aromatic N) is 8. The van der Waals surface area contributed by atoms with Crippen LogP contribution >= 0.6 is 0 Å². The fraction of sp³-hybridized carbons (Fsp3) is 0.214. The van der Waals surface area contributed by atoms with Crippen molar-refractivity contribution in [2.45, 2.75) is 47.2 Å². The van der Waals surface area contributed by atoms with Crippen molar-refractivity contribution in [3.05, 3.63) is 132 Å². The van der Waals surface area contributed by atoms with Gasteiger partial charge in [0.1, 0.15) is 41.7 Å². The van der Waals surface area contributed by atoms with Crippen molar-refractivity contribution >= 4 is 40.6 Å². The Bertz CT molecular complexity index is 3000. The first kappa shape index (κ1) is 135. The summed E-state index contributed by atoms with van der Waals surface area (Å²) in [6.07, 6.45) is -0.522. The number of nitrogens with one attached hydrogen (secondary N) is 3. The Morgan fingerprint density at radius 2 is 0.830 bits per heavy atom. The van der Waals surface area contributed by atoms with E-state index in [0.29, 0.717) is 45.6 Å². The van der Waals surface area contributed by atoms with E-state index in [4.69, 9.17) is 203 Å². The number of pyridine rings is 2. The SMILES string of the molecule is C.Cc1ccc(-c2noc(CN)n2)cc1NC(=O)c1cnc2ccccn12.Cc1ccc(-c2noc(CNC(=O)OCC(F)F)n2)cc1NC(=O)c1cnc2ccc(F)cn12.FF.FF.FF.FF.FF.FF.FF.FF.FF.FF.FF.FF.FF.FF.FF.FF.FF.FF.FF.FF.OCC(F)F. The van der Waals surface area contributed by atoms with E-state index in [0.717, 1.165) is 16.7 Å². The number of hydrogen-bond donors (Lipinski definition) is 5. The smallest absolute Gasteiger partial charge is 0.407 e. The number of nitrogens with two attached hydrogens (primary N) is 1. The van der Waals surface area contributed by atoms with Crippen LogP contribution in [0.2, 0.25) is 0 Å². The van der Waals surface area contributed by atoms with Crippen LogP contribution in [0.3, 0.4) is 0 Å². The van der Waals surface area contributed by atoms with Crippen LogP contribution in [0.15, 0.2) is 101 Å². The number of aromatic nitrogens is 8. The molecule has 0 radical (unpaired) electrons. The van der Waals surface area contributed by atoms with Crippen molar-refractivity contribution in [1.29, 1.82) is 0 Å². The number of carbonyl (C=O) groups excluding carboxylic acids is 3. The summed E-state index contributed by atoms with van der Waals surface area (Å²) >= 11 is 0. The zero-order chi connectivity index (χ0) is 86.6. The van der Waals surface area contributed by atoms with Crippen LogP contribution in [-0.2, 0) is 17.8 Å². The molecule has 0 atom stereocenters. The molecule has 3 amide bonds. The van der Waals surface area contributed by atoms with Gasteiger partial charge in [-0.25, -0.2) is 36.7 Å². The molecule has 0 aliphatic heterocycles. The number of benzene rings is 2. The van der Waals surface area contributed by atoms with Gasteiger partial charge in [0.2, 0.25) is 23.4 Å². The monoisotopic (exact) mass is 1680 g/mol. The van der Waals surface area contributed by atoms with Gasteiger partial charge in [-0.15, -0.1) is 0 Å². The van der Waals surface area contributed by atoms with E-state index in [2.05, 4.69) is 50.9 Å². The number of rotatable bonds is 12. The number of aliphatic hydroxyl groups is 1. The van der Waals surface area contributed by atoms with Gasteiger partial charge in [-0.1, -0.05) is 48.1 Å². The molecule has 2 aromatic carbocycles. The molecule has 0 saturated heterocycles. The number of amides is 3. The highest BCUT2D eigenvalue weighted by atomic mass is 20.0. The standard InChI is InChI=1S/C21H17F3N6O4.C18H16N6O2.C2H4F2O.CH4.20F2/c1-11-2-3-12(19-28-18(34-29-19)8-26-21(32)33-10-16(23)24)6-14(11)27-20(31)15-7-25-17-5-4-13(22)9-30(15)17;1-11-5-6-12(17-22-16(9-19)26-23-17)8-13(11)21-18(25)14-10-20-15-4-2-3-7-24(14)15;3-2(4)1-5;;20*1-2/h2-7,9,16H,8,10H2,1H3,(H,26,32)(H,27,31);2-8,10H,9,19H2,1H3,(H,21,25);2,5H,1H2;1H4;;;;;;;;;;;;;;;;;;;;. The zero-order valence-electron chi connectivity index (χ0n) is 49.2. The number of aryl methyl sites for hydroxylation is 2. The van der Waals surface area contributed by atoms with Gasteiger partial charge in [-0.3, -0.25) is 18.4 Å². The second kappa shape index (κ2) is 110. The highest BCUT2D eigenvalue weighted by molar-refractivity contribution is 6.05. The molecule has 8 aromatic rings. The maximum atomic E-state index is 13.6. The van der Waals surface area contributed by atoms with E-state index in [1.807, 2.05) is 43.3 Å². The zero-order valence-corrected chi connectivity index (χ0v) is 49.2. The average molecular weight is 1680 g/mol. The molecule has 0 aliphatic carbocycles. The normalized spacial score (nSPS) is 7.84. The number of halogens is 45. The minimum atomic E-state index is -2.77. The fourth-order valence-corrected chi connectivity index (χ4v) is 5.62. The van der Waals surface area contributed by atoms with E-state index >= 15 is 0 Å².